The van der Waals surface area contributed by atoms with Crippen molar-refractivity contribution >= 4 is 21.8 Å². The summed E-state index contributed by atoms with van der Waals surface area (Å²) in [7, 11) is 1.81. The molecule has 0 spiro atoms. The van der Waals surface area contributed by atoms with Gasteiger partial charge in [-0.15, -0.1) is 0 Å². The van der Waals surface area contributed by atoms with Crippen LogP contribution in [0.4, 0.5) is 0 Å². The van der Waals surface area contributed by atoms with Crippen molar-refractivity contribution in [2.24, 2.45) is 7.05 Å². The summed E-state index contributed by atoms with van der Waals surface area (Å²) in [6.07, 6.45) is 1.57. The summed E-state index contributed by atoms with van der Waals surface area (Å²) in [4.78, 5) is 12.2. The molecule has 0 bridgehead atoms. The van der Waals surface area contributed by atoms with Gasteiger partial charge in [-0.05, 0) is 31.2 Å². The van der Waals surface area contributed by atoms with Gasteiger partial charge in [0, 0.05) is 22.8 Å². The van der Waals surface area contributed by atoms with E-state index in [4.69, 9.17) is 4.42 Å². The number of nitrogens with one attached hydrogen (secondary N) is 1. The SMILES string of the molecule is Cc1c(C(=O)NCc2ccc(-c3ccc(Br)cc3)o2)cnn1C. The number of hydrogen-bond donors (Lipinski definition) is 1. The highest BCUT2D eigenvalue weighted by Crippen LogP contribution is 2.24. The van der Waals surface area contributed by atoms with Gasteiger partial charge in [-0.1, -0.05) is 28.1 Å². The number of carbonyl (C=O) groups is 1. The Kier molecular flexibility index (Phi) is 4.34. The number of hydrogen-bond acceptors (Lipinski definition) is 3. The number of rotatable bonds is 4. The first-order chi connectivity index (χ1) is 11.0. The molecule has 2 aromatic heterocycles. The molecule has 0 unspecified atom stereocenters. The standard InChI is InChI=1S/C17H16BrN3O2/c1-11-15(10-20-21(11)2)17(22)19-9-14-7-8-16(23-14)12-3-5-13(18)6-4-12/h3-8,10H,9H2,1-2H3,(H,19,22). The number of benzene rings is 1. The van der Waals surface area contributed by atoms with Crippen LogP contribution in [0.25, 0.3) is 11.3 Å². The van der Waals surface area contributed by atoms with E-state index in [2.05, 4.69) is 26.3 Å². The van der Waals surface area contributed by atoms with Gasteiger partial charge in [-0.2, -0.15) is 5.10 Å². The fourth-order valence-electron chi connectivity index (χ4n) is 2.23. The molecule has 3 aromatic rings. The average molecular weight is 374 g/mol. The van der Waals surface area contributed by atoms with Crippen molar-refractivity contribution in [3.63, 3.8) is 0 Å². The predicted octanol–water partition coefficient (Wildman–Crippen LogP) is 3.68. The van der Waals surface area contributed by atoms with Crippen LogP contribution in [0.1, 0.15) is 21.8 Å². The minimum atomic E-state index is -0.155. The van der Waals surface area contributed by atoms with Gasteiger partial charge >= 0.3 is 0 Å². The van der Waals surface area contributed by atoms with Gasteiger partial charge in [0.1, 0.15) is 11.5 Å². The summed E-state index contributed by atoms with van der Waals surface area (Å²) in [6.45, 7) is 2.20. The summed E-state index contributed by atoms with van der Waals surface area (Å²) >= 11 is 3.41. The Morgan fingerprint density at radius 3 is 2.65 bits per heavy atom. The number of aromatic nitrogens is 2. The van der Waals surface area contributed by atoms with Crippen molar-refractivity contribution in [3.05, 3.63) is 64.1 Å². The molecule has 5 nitrogen and oxygen atoms in total. The molecular formula is C17H16BrN3O2. The predicted molar refractivity (Wildman–Crippen MR) is 91.0 cm³/mol. The van der Waals surface area contributed by atoms with Gasteiger partial charge in [-0.3, -0.25) is 9.48 Å². The molecule has 0 aliphatic rings. The molecule has 0 radical (unpaired) electrons. The van der Waals surface area contributed by atoms with Crippen LogP contribution in [0.5, 0.6) is 0 Å². The summed E-state index contributed by atoms with van der Waals surface area (Å²) in [5.74, 6) is 1.33. The van der Waals surface area contributed by atoms with E-state index in [0.29, 0.717) is 17.9 Å². The quantitative estimate of drug-likeness (QED) is 0.758. The molecular weight excluding hydrogens is 358 g/mol. The minimum Gasteiger partial charge on any atom is -0.459 e. The van der Waals surface area contributed by atoms with Crippen molar-refractivity contribution in [3.8, 4) is 11.3 Å². The highest BCUT2D eigenvalue weighted by molar-refractivity contribution is 9.10. The molecule has 0 atom stereocenters. The van der Waals surface area contributed by atoms with Gasteiger partial charge in [0.25, 0.3) is 5.91 Å². The van der Waals surface area contributed by atoms with Gasteiger partial charge in [-0.25, -0.2) is 0 Å². The zero-order valence-corrected chi connectivity index (χ0v) is 14.4. The van der Waals surface area contributed by atoms with Crippen LogP contribution >= 0.6 is 15.9 Å². The molecule has 3 rings (SSSR count). The van der Waals surface area contributed by atoms with Gasteiger partial charge < -0.3 is 9.73 Å². The molecule has 2 heterocycles. The molecule has 23 heavy (non-hydrogen) atoms. The Hall–Kier alpha value is -2.34. The van der Waals surface area contributed by atoms with Crippen LogP contribution in [-0.4, -0.2) is 15.7 Å². The Bertz CT molecular complexity index is 834. The maximum atomic E-state index is 12.2. The lowest BCUT2D eigenvalue weighted by Crippen LogP contribution is -2.23. The highest BCUT2D eigenvalue weighted by Gasteiger charge is 2.13. The summed E-state index contributed by atoms with van der Waals surface area (Å²) in [5.41, 5.74) is 2.40. The van der Waals surface area contributed by atoms with Crippen molar-refractivity contribution in [2.75, 3.05) is 0 Å². The largest absolute Gasteiger partial charge is 0.459 e. The number of carbonyl (C=O) groups excluding carboxylic acids is 1. The van der Waals surface area contributed by atoms with E-state index in [0.717, 1.165) is 21.5 Å². The monoisotopic (exact) mass is 373 g/mol. The third kappa shape index (κ3) is 3.37. The molecule has 118 valence electrons. The van der Waals surface area contributed by atoms with Crippen LogP contribution in [-0.2, 0) is 13.6 Å². The lowest BCUT2D eigenvalue weighted by atomic mass is 10.2. The van der Waals surface area contributed by atoms with Gasteiger partial charge in [0.05, 0.1) is 18.3 Å². The second-order valence-corrected chi connectivity index (χ2v) is 6.14. The average Bonchev–Trinajstić information content (AvgIpc) is 3.14. The first-order valence-corrected chi connectivity index (χ1v) is 7.95. The van der Waals surface area contributed by atoms with Crippen LogP contribution in [0.15, 0.2) is 51.5 Å². The third-order valence-corrected chi connectivity index (χ3v) is 4.22. The van der Waals surface area contributed by atoms with E-state index in [1.54, 1.807) is 10.9 Å². The van der Waals surface area contributed by atoms with E-state index >= 15 is 0 Å². The molecule has 0 saturated heterocycles. The zero-order valence-electron chi connectivity index (χ0n) is 12.8. The number of nitrogens with zero attached hydrogens (tertiary/aromatic N) is 2. The Labute approximate surface area is 142 Å². The first kappa shape index (κ1) is 15.6. The fourth-order valence-corrected chi connectivity index (χ4v) is 2.49. The summed E-state index contributed by atoms with van der Waals surface area (Å²) in [5, 5.41) is 6.92. The highest BCUT2D eigenvalue weighted by atomic mass is 79.9. The van der Waals surface area contributed by atoms with E-state index < -0.39 is 0 Å². The molecule has 6 heteroatoms. The summed E-state index contributed by atoms with van der Waals surface area (Å²) in [6, 6.07) is 11.7. The first-order valence-electron chi connectivity index (χ1n) is 7.16. The summed E-state index contributed by atoms with van der Waals surface area (Å²) < 4.78 is 8.47. The maximum Gasteiger partial charge on any atom is 0.255 e. The lowest BCUT2D eigenvalue weighted by Gasteiger charge is -2.03. The number of furan rings is 1. The Balaban J connectivity index is 1.66. The van der Waals surface area contributed by atoms with Crippen LogP contribution in [0.3, 0.4) is 0 Å². The molecule has 1 amide bonds. The lowest BCUT2D eigenvalue weighted by molar-refractivity contribution is 0.0947. The van der Waals surface area contributed by atoms with Crippen LogP contribution in [0.2, 0.25) is 0 Å². The smallest absolute Gasteiger partial charge is 0.255 e. The number of amides is 1. The fraction of sp³-hybridized carbons (Fsp3) is 0.176. The van der Waals surface area contributed by atoms with Gasteiger partial charge in [0.15, 0.2) is 0 Å². The topological polar surface area (TPSA) is 60.1 Å². The number of halogens is 1. The van der Waals surface area contributed by atoms with Crippen LogP contribution < -0.4 is 5.32 Å². The number of aryl methyl sites for hydroxylation is 1. The molecule has 0 fully saturated rings. The van der Waals surface area contributed by atoms with E-state index in [-0.39, 0.29) is 5.91 Å². The normalized spacial score (nSPS) is 10.7. The Morgan fingerprint density at radius 1 is 1.26 bits per heavy atom. The molecule has 0 saturated carbocycles. The molecule has 1 aromatic carbocycles. The Morgan fingerprint density at radius 2 is 2.00 bits per heavy atom. The van der Waals surface area contributed by atoms with Crippen molar-refractivity contribution in [1.82, 2.24) is 15.1 Å². The molecule has 1 N–H and O–H groups in total. The van der Waals surface area contributed by atoms with Crippen LogP contribution in [0, 0.1) is 6.92 Å². The zero-order chi connectivity index (χ0) is 16.4. The second-order valence-electron chi connectivity index (χ2n) is 5.22. The molecule has 0 aliphatic heterocycles. The molecule has 0 aliphatic carbocycles. The maximum absolute atomic E-state index is 12.2. The van der Waals surface area contributed by atoms with Crippen molar-refractivity contribution < 1.29 is 9.21 Å². The van der Waals surface area contributed by atoms with Crippen molar-refractivity contribution in [2.45, 2.75) is 13.5 Å². The van der Waals surface area contributed by atoms with E-state index in [9.17, 15) is 4.79 Å². The van der Waals surface area contributed by atoms with Gasteiger partial charge in [0.2, 0.25) is 0 Å². The van der Waals surface area contributed by atoms with E-state index in [1.165, 1.54) is 0 Å². The van der Waals surface area contributed by atoms with Crippen molar-refractivity contribution in [1.29, 1.82) is 0 Å². The second kappa shape index (κ2) is 6.42. The third-order valence-electron chi connectivity index (χ3n) is 3.69. The van der Waals surface area contributed by atoms with E-state index in [1.807, 2.05) is 50.4 Å². The minimum absolute atomic E-state index is 0.155.